The van der Waals surface area contributed by atoms with Crippen LogP contribution in [0.3, 0.4) is 0 Å². The molecule has 19 heavy (non-hydrogen) atoms. The standard InChI is InChI=1S/C17H19N2/c1-3-18(4-2)17-9-8-14-13-19-10-6-5-7-16(19)11-15(14)12-17/h5-13H,3-4H2,1-2H3/q+1. The van der Waals surface area contributed by atoms with Crippen molar-refractivity contribution in [3.63, 3.8) is 0 Å². The Morgan fingerprint density at radius 2 is 1.79 bits per heavy atom. The van der Waals surface area contributed by atoms with E-state index in [1.54, 1.807) is 0 Å². The summed E-state index contributed by atoms with van der Waals surface area (Å²) in [5.41, 5.74) is 2.53. The van der Waals surface area contributed by atoms with Crippen LogP contribution in [0.2, 0.25) is 0 Å². The zero-order valence-electron chi connectivity index (χ0n) is 11.5. The normalized spacial score (nSPS) is 11.1. The Kier molecular flexibility index (Phi) is 3.08. The molecule has 0 aliphatic carbocycles. The molecule has 2 heteroatoms. The first kappa shape index (κ1) is 12.0. The number of nitrogens with zero attached hydrogens (tertiary/aromatic N) is 2. The summed E-state index contributed by atoms with van der Waals surface area (Å²) < 4.78 is 2.17. The highest BCUT2D eigenvalue weighted by Crippen LogP contribution is 2.22. The number of rotatable bonds is 3. The molecule has 0 atom stereocenters. The Bertz CT molecular complexity index is 715. The molecule has 0 radical (unpaired) electrons. The second-order valence-corrected chi connectivity index (χ2v) is 4.79. The third-order valence-corrected chi connectivity index (χ3v) is 3.70. The van der Waals surface area contributed by atoms with Crippen LogP contribution in [0.4, 0.5) is 5.69 Å². The van der Waals surface area contributed by atoms with Crippen LogP contribution in [0, 0.1) is 0 Å². The third kappa shape index (κ3) is 2.14. The minimum absolute atomic E-state index is 1.05. The maximum Gasteiger partial charge on any atom is 0.211 e. The lowest BCUT2D eigenvalue weighted by atomic mass is 10.1. The number of hydrogen-bond donors (Lipinski definition) is 0. The van der Waals surface area contributed by atoms with E-state index in [2.05, 4.69) is 78.0 Å². The zero-order chi connectivity index (χ0) is 13.2. The summed E-state index contributed by atoms with van der Waals surface area (Å²) in [6.07, 6.45) is 4.28. The Labute approximate surface area is 113 Å². The molecule has 2 heterocycles. The van der Waals surface area contributed by atoms with Crippen molar-refractivity contribution >= 4 is 22.0 Å². The highest BCUT2D eigenvalue weighted by atomic mass is 15.1. The predicted molar refractivity (Wildman–Crippen MR) is 80.7 cm³/mol. The van der Waals surface area contributed by atoms with Crippen molar-refractivity contribution in [1.82, 2.24) is 0 Å². The van der Waals surface area contributed by atoms with Gasteiger partial charge >= 0.3 is 0 Å². The SMILES string of the molecule is CCN(CC)c1ccc2c[n+]3ccccc3cc2c1. The lowest BCUT2D eigenvalue weighted by Gasteiger charge is -2.21. The largest absolute Gasteiger partial charge is 0.372 e. The van der Waals surface area contributed by atoms with Crippen molar-refractivity contribution in [2.45, 2.75) is 13.8 Å². The molecule has 0 saturated heterocycles. The molecule has 0 spiro atoms. The van der Waals surface area contributed by atoms with Crippen LogP contribution in [0.15, 0.2) is 54.9 Å². The minimum atomic E-state index is 1.05. The monoisotopic (exact) mass is 251 g/mol. The molecular formula is C17H19N2+. The molecule has 2 aromatic heterocycles. The van der Waals surface area contributed by atoms with E-state index in [-0.39, 0.29) is 0 Å². The Balaban J connectivity index is 2.19. The van der Waals surface area contributed by atoms with Gasteiger partial charge in [0.05, 0.1) is 0 Å². The summed E-state index contributed by atoms with van der Waals surface area (Å²) >= 11 is 0. The Morgan fingerprint density at radius 3 is 2.58 bits per heavy atom. The van der Waals surface area contributed by atoms with Crippen LogP contribution in [-0.2, 0) is 0 Å². The number of fused-ring (bicyclic) bond motifs is 2. The minimum Gasteiger partial charge on any atom is -0.372 e. The first-order valence-corrected chi connectivity index (χ1v) is 6.90. The molecule has 0 saturated carbocycles. The first-order valence-electron chi connectivity index (χ1n) is 6.90. The van der Waals surface area contributed by atoms with Crippen molar-refractivity contribution in [1.29, 1.82) is 0 Å². The second-order valence-electron chi connectivity index (χ2n) is 4.79. The van der Waals surface area contributed by atoms with Gasteiger partial charge in [-0.25, -0.2) is 0 Å². The first-order chi connectivity index (χ1) is 9.31. The smallest absolute Gasteiger partial charge is 0.211 e. The van der Waals surface area contributed by atoms with E-state index in [0.717, 1.165) is 13.1 Å². The molecule has 0 aliphatic rings. The number of benzene rings is 1. The molecule has 0 aliphatic heterocycles. The van der Waals surface area contributed by atoms with Crippen molar-refractivity contribution in [3.8, 4) is 0 Å². The predicted octanol–water partition coefficient (Wildman–Crippen LogP) is 3.42. The average Bonchev–Trinajstić information content (AvgIpc) is 2.46. The number of hydrogen-bond acceptors (Lipinski definition) is 1. The Morgan fingerprint density at radius 1 is 0.947 bits per heavy atom. The van der Waals surface area contributed by atoms with Crippen molar-refractivity contribution in [2.75, 3.05) is 18.0 Å². The average molecular weight is 251 g/mol. The molecule has 96 valence electrons. The number of pyridine rings is 2. The molecular weight excluding hydrogens is 232 g/mol. The fourth-order valence-electron chi connectivity index (χ4n) is 2.61. The van der Waals surface area contributed by atoms with Crippen molar-refractivity contribution in [3.05, 3.63) is 54.9 Å². The quantitative estimate of drug-likeness (QED) is 0.511. The van der Waals surface area contributed by atoms with E-state index in [1.165, 1.54) is 22.0 Å². The molecule has 3 aromatic rings. The molecule has 0 unspecified atom stereocenters. The molecule has 0 fully saturated rings. The van der Waals surface area contributed by atoms with E-state index in [1.807, 2.05) is 0 Å². The lowest BCUT2D eigenvalue weighted by Crippen LogP contribution is -2.22. The summed E-state index contributed by atoms with van der Waals surface area (Å²) in [6.45, 7) is 6.49. The van der Waals surface area contributed by atoms with Crippen LogP contribution in [0.1, 0.15) is 13.8 Å². The summed E-state index contributed by atoms with van der Waals surface area (Å²) in [4.78, 5) is 2.38. The number of anilines is 1. The van der Waals surface area contributed by atoms with E-state index in [9.17, 15) is 0 Å². The molecule has 0 N–H and O–H groups in total. The van der Waals surface area contributed by atoms with Gasteiger partial charge in [0.1, 0.15) is 0 Å². The van der Waals surface area contributed by atoms with E-state index in [4.69, 9.17) is 0 Å². The van der Waals surface area contributed by atoms with Crippen LogP contribution in [0.5, 0.6) is 0 Å². The van der Waals surface area contributed by atoms with Gasteiger partial charge in [-0.1, -0.05) is 0 Å². The van der Waals surface area contributed by atoms with Crippen LogP contribution >= 0.6 is 0 Å². The zero-order valence-corrected chi connectivity index (χ0v) is 11.5. The Hall–Kier alpha value is -2.09. The molecule has 0 amide bonds. The van der Waals surface area contributed by atoms with Crippen LogP contribution < -0.4 is 9.30 Å². The molecule has 2 nitrogen and oxygen atoms in total. The van der Waals surface area contributed by atoms with Crippen molar-refractivity contribution < 1.29 is 4.40 Å². The third-order valence-electron chi connectivity index (χ3n) is 3.70. The molecule has 1 aromatic carbocycles. The van der Waals surface area contributed by atoms with Crippen LogP contribution in [0.25, 0.3) is 16.3 Å². The maximum atomic E-state index is 2.38. The van der Waals surface area contributed by atoms with Crippen LogP contribution in [-0.4, -0.2) is 13.1 Å². The van der Waals surface area contributed by atoms with Gasteiger partial charge in [0.15, 0.2) is 12.4 Å². The van der Waals surface area contributed by atoms with E-state index in [0.29, 0.717) is 0 Å². The molecule has 3 rings (SSSR count). The summed E-state index contributed by atoms with van der Waals surface area (Å²) in [7, 11) is 0. The van der Waals surface area contributed by atoms with Gasteiger partial charge in [-0.05, 0) is 43.5 Å². The van der Waals surface area contributed by atoms with Gasteiger partial charge in [-0.2, -0.15) is 4.40 Å². The fraction of sp³-hybridized carbons (Fsp3) is 0.235. The summed E-state index contributed by atoms with van der Waals surface area (Å²) in [6, 6.07) is 15.2. The van der Waals surface area contributed by atoms with Gasteiger partial charge in [0.25, 0.3) is 0 Å². The number of aromatic nitrogens is 1. The van der Waals surface area contributed by atoms with Gasteiger partial charge < -0.3 is 4.90 Å². The van der Waals surface area contributed by atoms with E-state index >= 15 is 0 Å². The fourth-order valence-corrected chi connectivity index (χ4v) is 2.61. The summed E-state index contributed by atoms with van der Waals surface area (Å²) in [5.74, 6) is 0. The highest BCUT2D eigenvalue weighted by molar-refractivity contribution is 5.87. The maximum absolute atomic E-state index is 2.38. The topological polar surface area (TPSA) is 7.34 Å². The lowest BCUT2D eigenvalue weighted by molar-refractivity contribution is -0.510. The van der Waals surface area contributed by atoms with Crippen molar-refractivity contribution in [2.24, 2.45) is 0 Å². The molecule has 0 bridgehead atoms. The highest BCUT2D eigenvalue weighted by Gasteiger charge is 2.07. The van der Waals surface area contributed by atoms with E-state index < -0.39 is 0 Å². The van der Waals surface area contributed by atoms with Gasteiger partial charge in [0.2, 0.25) is 5.52 Å². The second kappa shape index (κ2) is 4.88. The van der Waals surface area contributed by atoms with Gasteiger partial charge in [0, 0.05) is 42.4 Å². The van der Waals surface area contributed by atoms with Gasteiger partial charge in [-0.15, -0.1) is 0 Å². The summed E-state index contributed by atoms with van der Waals surface area (Å²) in [5, 5.41) is 2.58. The van der Waals surface area contributed by atoms with Gasteiger partial charge in [-0.3, -0.25) is 0 Å².